The zero-order valence-electron chi connectivity index (χ0n) is 35.7. The molecule has 0 amide bonds. The van der Waals surface area contributed by atoms with Gasteiger partial charge in [-0.2, -0.15) is 0 Å². The highest BCUT2D eigenvalue weighted by Gasteiger charge is 2.46. The van der Waals surface area contributed by atoms with Crippen molar-refractivity contribution < 1.29 is 0 Å². The van der Waals surface area contributed by atoms with Gasteiger partial charge >= 0.3 is 0 Å². The van der Waals surface area contributed by atoms with Crippen LogP contribution in [0.3, 0.4) is 0 Å². The molecule has 2 heterocycles. The summed E-state index contributed by atoms with van der Waals surface area (Å²) < 4.78 is 5.33. The van der Waals surface area contributed by atoms with Crippen molar-refractivity contribution in [1.29, 1.82) is 0 Å². The van der Waals surface area contributed by atoms with Crippen LogP contribution in [0, 0.1) is 0 Å². The molecule has 0 fully saturated rings. The summed E-state index contributed by atoms with van der Waals surface area (Å²) in [5.74, 6) is 0. The fourth-order valence-corrected chi connectivity index (χ4v) is 12.3. The maximum absolute atomic E-state index is 2.76. The number of hydrogen-bond donors (Lipinski definition) is 0. The van der Waals surface area contributed by atoms with Crippen molar-refractivity contribution in [3.05, 3.63) is 227 Å². The largest absolute Gasteiger partial charge is 0.341 e. The SMILES string of the molecule is C1=CCCC(C2=CCCC(n3c4c(c5cc(-c6ccc7c8cc(C9(c%10ccccc%10)c%10ccccc%10-c%10ccccc%109)ccc8n(C8=CC=CCC8)c7c6)ccc53)C=CCC4)C2)=C1. The summed E-state index contributed by atoms with van der Waals surface area (Å²) in [6.45, 7) is 0. The van der Waals surface area contributed by atoms with Crippen molar-refractivity contribution in [3.8, 4) is 22.3 Å². The summed E-state index contributed by atoms with van der Waals surface area (Å²) in [7, 11) is 0. The van der Waals surface area contributed by atoms with Gasteiger partial charge in [0.05, 0.1) is 16.4 Å². The van der Waals surface area contributed by atoms with Crippen molar-refractivity contribution in [3.63, 3.8) is 0 Å². The second-order valence-corrected chi connectivity index (χ2v) is 18.4. The lowest BCUT2D eigenvalue weighted by atomic mass is 9.67. The molecule has 13 rings (SSSR count). The van der Waals surface area contributed by atoms with Crippen molar-refractivity contribution in [2.75, 3.05) is 0 Å². The quantitative estimate of drug-likeness (QED) is 0.158. The summed E-state index contributed by atoms with van der Waals surface area (Å²) in [4.78, 5) is 0. The van der Waals surface area contributed by atoms with E-state index in [0.717, 1.165) is 44.9 Å². The number of aromatic nitrogens is 2. The summed E-state index contributed by atoms with van der Waals surface area (Å²) in [6.07, 6.45) is 31.2. The van der Waals surface area contributed by atoms with E-state index in [9.17, 15) is 0 Å². The molecule has 0 aliphatic heterocycles. The van der Waals surface area contributed by atoms with Crippen LogP contribution in [0.1, 0.15) is 90.9 Å². The third-order valence-electron chi connectivity index (χ3n) is 15.1. The highest BCUT2D eigenvalue weighted by molar-refractivity contribution is 6.12. The van der Waals surface area contributed by atoms with E-state index in [1.165, 1.54) is 107 Å². The molecule has 2 aromatic heterocycles. The van der Waals surface area contributed by atoms with Crippen LogP contribution in [0.15, 0.2) is 193 Å². The number of allylic oxidation sites excluding steroid dienone is 11. The van der Waals surface area contributed by atoms with Crippen LogP contribution >= 0.6 is 0 Å². The second kappa shape index (κ2) is 14.6. The molecule has 6 aromatic carbocycles. The lowest BCUT2D eigenvalue weighted by Crippen LogP contribution is -2.28. The standard InChI is InChI=1S/C61H50N2/c1-4-17-41(18-5-1)42-19-16-24-48(37-42)63-57-30-15-12-27-51(57)53-38-43(32-35-58(53)63)44-31-34-52-54-40-46(33-36-59(54)62(60(52)39-44)47-22-8-3-9-23-47)61(45-20-6-2-7-21-45)55-28-13-10-25-49(55)50-26-11-14-29-56(50)61/h1-4,6-8,10-14,17,19-22,25-29,31-36,38-40,48H,5,9,15-16,18,23-24,30,37H2. The number of fused-ring (bicyclic) bond motifs is 9. The fourth-order valence-electron chi connectivity index (χ4n) is 12.3. The summed E-state index contributed by atoms with van der Waals surface area (Å²) in [5.41, 5.74) is 21.4. The third kappa shape index (κ3) is 5.56. The predicted molar refractivity (Wildman–Crippen MR) is 265 cm³/mol. The lowest BCUT2D eigenvalue weighted by Gasteiger charge is -2.34. The molecule has 63 heavy (non-hydrogen) atoms. The molecular weight excluding hydrogens is 761 g/mol. The normalized spacial score (nSPS) is 18.6. The molecule has 2 heteroatoms. The summed E-state index contributed by atoms with van der Waals surface area (Å²) in [5, 5.41) is 3.99. The first-order valence-electron chi connectivity index (χ1n) is 23.3. The fraction of sp³-hybridized carbons (Fsp3) is 0.180. The van der Waals surface area contributed by atoms with Gasteiger partial charge in [-0.05, 0) is 150 Å². The Bertz CT molecular complexity index is 3320. The van der Waals surface area contributed by atoms with Gasteiger partial charge in [-0.15, -0.1) is 0 Å². The third-order valence-corrected chi connectivity index (χ3v) is 15.1. The Morgan fingerprint density at radius 1 is 0.508 bits per heavy atom. The van der Waals surface area contributed by atoms with E-state index in [-0.39, 0.29) is 0 Å². The Kier molecular flexibility index (Phi) is 8.51. The van der Waals surface area contributed by atoms with Gasteiger partial charge < -0.3 is 9.13 Å². The number of hydrogen-bond acceptors (Lipinski definition) is 0. The zero-order chi connectivity index (χ0) is 41.5. The maximum Gasteiger partial charge on any atom is 0.0713 e. The van der Waals surface area contributed by atoms with E-state index < -0.39 is 5.41 Å². The molecule has 0 radical (unpaired) electrons. The molecule has 0 saturated heterocycles. The average molecular weight is 811 g/mol. The minimum absolute atomic E-state index is 0.441. The molecule has 2 nitrogen and oxygen atoms in total. The Morgan fingerprint density at radius 3 is 2.03 bits per heavy atom. The monoisotopic (exact) mass is 810 g/mol. The van der Waals surface area contributed by atoms with E-state index in [4.69, 9.17) is 0 Å². The minimum Gasteiger partial charge on any atom is -0.341 e. The van der Waals surface area contributed by atoms with E-state index in [0.29, 0.717) is 6.04 Å². The van der Waals surface area contributed by atoms with E-state index >= 15 is 0 Å². The Morgan fingerprint density at radius 2 is 1.24 bits per heavy atom. The Hall–Kier alpha value is -6.90. The highest BCUT2D eigenvalue weighted by Crippen LogP contribution is 2.56. The zero-order valence-corrected chi connectivity index (χ0v) is 35.7. The summed E-state index contributed by atoms with van der Waals surface area (Å²) >= 11 is 0. The molecule has 1 atom stereocenters. The average Bonchev–Trinajstić information content (AvgIpc) is 3.98. The Labute approximate surface area is 370 Å². The minimum atomic E-state index is -0.441. The molecule has 0 saturated carbocycles. The number of rotatable bonds is 6. The Balaban J connectivity index is 0.978. The molecule has 5 aliphatic rings. The second-order valence-electron chi connectivity index (χ2n) is 18.4. The predicted octanol–water partition coefficient (Wildman–Crippen LogP) is 15.9. The van der Waals surface area contributed by atoms with Gasteiger partial charge in [0.1, 0.15) is 0 Å². The lowest BCUT2D eigenvalue weighted by molar-refractivity contribution is 0.449. The molecule has 5 aliphatic carbocycles. The first-order valence-corrected chi connectivity index (χ1v) is 23.3. The molecule has 8 aromatic rings. The van der Waals surface area contributed by atoms with Crippen LogP contribution < -0.4 is 0 Å². The van der Waals surface area contributed by atoms with Crippen LogP contribution in [0.2, 0.25) is 0 Å². The molecule has 0 bridgehead atoms. The summed E-state index contributed by atoms with van der Waals surface area (Å²) in [6, 6.07) is 51.8. The van der Waals surface area contributed by atoms with Crippen molar-refractivity contribution in [2.45, 2.75) is 69.2 Å². The molecule has 0 N–H and O–H groups in total. The molecule has 304 valence electrons. The molecule has 0 spiro atoms. The van der Waals surface area contributed by atoms with Gasteiger partial charge in [0, 0.05) is 44.7 Å². The van der Waals surface area contributed by atoms with Crippen LogP contribution in [0.25, 0.3) is 66.7 Å². The van der Waals surface area contributed by atoms with E-state index in [2.05, 4.69) is 197 Å². The van der Waals surface area contributed by atoms with E-state index in [1.807, 2.05) is 0 Å². The van der Waals surface area contributed by atoms with E-state index in [1.54, 1.807) is 11.1 Å². The van der Waals surface area contributed by atoms with Gasteiger partial charge in [0.2, 0.25) is 0 Å². The van der Waals surface area contributed by atoms with Crippen LogP contribution in [-0.2, 0) is 11.8 Å². The van der Waals surface area contributed by atoms with Gasteiger partial charge in [0.25, 0.3) is 0 Å². The van der Waals surface area contributed by atoms with Crippen molar-refractivity contribution in [1.82, 2.24) is 9.13 Å². The van der Waals surface area contributed by atoms with Crippen molar-refractivity contribution >= 4 is 44.5 Å². The van der Waals surface area contributed by atoms with Gasteiger partial charge in [-0.3, -0.25) is 0 Å². The highest BCUT2D eigenvalue weighted by atomic mass is 15.0. The topological polar surface area (TPSA) is 9.86 Å². The van der Waals surface area contributed by atoms with Gasteiger partial charge in [0.15, 0.2) is 0 Å². The first-order chi connectivity index (χ1) is 31.3. The maximum atomic E-state index is 2.76. The smallest absolute Gasteiger partial charge is 0.0713 e. The number of benzene rings is 6. The van der Waals surface area contributed by atoms with Crippen molar-refractivity contribution in [2.24, 2.45) is 0 Å². The van der Waals surface area contributed by atoms with Gasteiger partial charge in [-0.25, -0.2) is 0 Å². The van der Waals surface area contributed by atoms with Crippen LogP contribution in [0.4, 0.5) is 0 Å². The molecule has 1 unspecified atom stereocenters. The molecular formula is C61H50N2. The van der Waals surface area contributed by atoms with Gasteiger partial charge in [-0.1, -0.05) is 152 Å². The number of nitrogens with zero attached hydrogens (tertiary/aromatic N) is 2. The first kappa shape index (κ1) is 36.7. The van der Waals surface area contributed by atoms with Crippen LogP contribution in [-0.4, -0.2) is 9.13 Å². The van der Waals surface area contributed by atoms with Crippen LogP contribution in [0.5, 0.6) is 0 Å².